The standard InChI is InChI=1S/C18H30N2O4S/c1-4-5-12-24-13-6-10-19-18(21)9-11-20-25(22,23)17-8-7-15(2)14-16(17)3/h7-8,14,20H,4-6,9-13H2,1-3H3,(H,19,21). The fraction of sp³-hybridized carbons (Fsp3) is 0.611. The lowest BCUT2D eigenvalue weighted by Crippen LogP contribution is -2.31. The van der Waals surface area contributed by atoms with Gasteiger partial charge in [0.2, 0.25) is 15.9 Å². The van der Waals surface area contributed by atoms with Gasteiger partial charge in [-0.15, -0.1) is 0 Å². The second-order valence-electron chi connectivity index (χ2n) is 6.09. The minimum atomic E-state index is -3.59. The van der Waals surface area contributed by atoms with Crippen LogP contribution in [0.5, 0.6) is 0 Å². The molecule has 0 aromatic heterocycles. The third-order valence-corrected chi connectivity index (χ3v) is 5.32. The molecule has 7 heteroatoms. The van der Waals surface area contributed by atoms with E-state index in [0.29, 0.717) is 18.7 Å². The van der Waals surface area contributed by atoms with Crippen LogP contribution in [0.25, 0.3) is 0 Å². The van der Waals surface area contributed by atoms with Gasteiger partial charge in [0.05, 0.1) is 4.90 Å². The molecule has 0 aliphatic carbocycles. The number of ether oxygens (including phenoxy) is 1. The number of sulfonamides is 1. The highest BCUT2D eigenvalue weighted by Crippen LogP contribution is 2.16. The number of carbonyl (C=O) groups excluding carboxylic acids is 1. The molecule has 25 heavy (non-hydrogen) atoms. The van der Waals surface area contributed by atoms with Crippen LogP contribution in [-0.4, -0.2) is 40.6 Å². The predicted molar refractivity (Wildman–Crippen MR) is 99.1 cm³/mol. The van der Waals surface area contributed by atoms with Crippen LogP contribution in [0.4, 0.5) is 0 Å². The van der Waals surface area contributed by atoms with E-state index in [1.165, 1.54) is 0 Å². The Morgan fingerprint density at radius 3 is 2.52 bits per heavy atom. The molecule has 0 aliphatic heterocycles. The molecule has 1 aromatic rings. The number of benzene rings is 1. The zero-order valence-electron chi connectivity index (χ0n) is 15.4. The predicted octanol–water partition coefficient (Wildman–Crippen LogP) is 2.29. The van der Waals surface area contributed by atoms with Crippen LogP contribution in [0.1, 0.15) is 43.7 Å². The first-order chi connectivity index (χ1) is 11.9. The average molecular weight is 371 g/mol. The Hall–Kier alpha value is -1.44. The fourth-order valence-corrected chi connectivity index (χ4v) is 3.57. The van der Waals surface area contributed by atoms with Gasteiger partial charge in [0.1, 0.15) is 0 Å². The van der Waals surface area contributed by atoms with Gasteiger partial charge in [-0.2, -0.15) is 0 Å². The van der Waals surface area contributed by atoms with Crippen LogP contribution in [0, 0.1) is 13.8 Å². The molecule has 1 aromatic carbocycles. The maximum absolute atomic E-state index is 12.3. The zero-order valence-corrected chi connectivity index (χ0v) is 16.2. The lowest BCUT2D eigenvalue weighted by molar-refractivity contribution is -0.120. The number of hydrogen-bond acceptors (Lipinski definition) is 4. The van der Waals surface area contributed by atoms with Crippen LogP contribution in [0.3, 0.4) is 0 Å². The number of nitrogens with one attached hydrogen (secondary N) is 2. The molecule has 0 heterocycles. The van der Waals surface area contributed by atoms with E-state index in [0.717, 1.165) is 31.4 Å². The molecular weight excluding hydrogens is 340 g/mol. The van der Waals surface area contributed by atoms with E-state index < -0.39 is 10.0 Å². The van der Waals surface area contributed by atoms with Crippen molar-refractivity contribution in [2.45, 2.75) is 51.3 Å². The van der Waals surface area contributed by atoms with Crippen molar-refractivity contribution in [3.8, 4) is 0 Å². The summed E-state index contributed by atoms with van der Waals surface area (Å²) in [4.78, 5) is 12.0. The molecule has 6 nitrogen and oxygen atoms in total. The van der Waals surface area contributed by atoms with Crippen molar-refractivity contribution in [2.24, 2.45) is 0 Å². The van der Waals surface area contributed by atoms with Gasteiger partial charge in [0.25, 0.3) is 0 Å². The lowest BCUT2D eigenvalue weighted by Gasteiger charge is -2.10. The van der Waals surface area contributed by atoms with E-state index in [9.17, 15) is 13.2 Å². The highest BCUT2D eigenvalue weighted by atomic mass is 32.2. The van der Waals surface area contributed by atoms with Crippen molar-refractivity contribution in [1.82, 2.24) is 10.0 Å². The summed E-state index contributed by atoms with van der Waals surface area (Å²) in [6, 6.07) is 5.17. The van der Waals surface area contributed by atoms with Crippen molar-refractivity contribution < 1.29 is 17.9 Å². The second-order valence-corrected chi connectivity index (χ2v) is 7.82. The topological polar surface area (TPSA) is 84.5 Å². The molecule has 0 saturated heterocycles. The number of carbonyl (C=O) groups is 1. The van der Waals surface area contributed by atoms with Crippen LogP contribution in [-0.2, 0) is 19.6 Å². The minimum Gasteiger partial charge on any atom is -0.381 e. The maximum Gasteiger partial charge on any atom is 0.240 e. The summed E-state index contributed by atoms with van der Waals surface area (Å²) < 4.78 is 32.4. The smallest absolute Gasteiger partial charge is 0.240 e. The number of unbranched alkanes of at least 4 members (excludes halogenated alkanes) is 1. The normalized spacial score (nSPS) is 11.5. The van der Waals surface area contributed by atoms with E-state index in [1.54, 1.807) is 19.1 Å². The lowest BCUT2D eigenvalue weighted by atomic mass is 10.2. The van der Waals surface area contributed by atoms with Crippen LogP contribution in [0.2, 0.25) is 0 Å². The first-order valence-corrected chi connectivity index (χ1v) is 10.3. The van der Waals surface area contributed by atoms with E-state index in [4.69, 9.17) is 4.74 Å². The fourth-order valence-electron chi connectivity index (χ4n) is 2.32. The SMILES string of the molecule is CCCCOCCCNC(=O)CCNS(=O)(=O)c1ccc(C)cc1C. The summed E-state index contributed by atoms with van der Waals surface area (Å²) in [5.74, 6) is -0.170. The van der Waals surface area contributed by atoms with Crippen molar-refractivity contribution in [3.05, 3.63) is 29.3 Å². The Labute approximate surface area is 151 Å². The molecule has 0 aliphatic rings. The van der Waals surface area contributed by atoms with Gasteiger partial charge < -0.3 is 10.1 Å². The van der Waals surface area contributed by atoms with E-state index in [1.807, 2.05) is 13.0 Å². The van der Waals surface area contributed by atoms with Gasteiger partial charge in [-0.3, -0.25) is 4.79 Å². The van der Waals surface area contributed by atoms with Crippen molar-refractivity contribution in [2.75, 3.05) is 26.3 Å². The summed E-state index contributed by atoms with van der Waals surface area (Å²) in [5.41, 5.74) is 1.70. The third kappa shape index (κ3) is 8.47. The number of hydrogen-bond donors (Lipinski definition) is 2. The molecular formula is C18H30N2O4S. The van der Waals surface area contributed by atoms with Crippen LogP contribution < -0.4 is 10.0 Å². The molecule has 142 valence electrons. The summed E-state index contributed by atoms with van der Waals surface area (Å²) >= 11 is 0. The average Bonchev–Trinajstić information content (AvgIpc) is 2.53. The van der Waals surface area contributed by atoms with Gasteiger partial charge in [-0.05, 0) is 38.3 Å². The molecule has 0 spiro atoms. The van der Waals surface area contributed by atoms with Gasteiger partial charge in [-0.1, -0.05) is 31.0 Å². The molecule has 0 radical (unpaired) electrons. The summed E-state index contributed by atoms with van der Waals surface area (Å²) in [7, 11) is -3.59. The largest absolute Gasteiger partial charge is 0.381 e. The molecule has 0 fully saturated rings. The van der Waals surface area contributed by atoms with Gasteiger partial charge >= 0.3 is 0 Å². The maximum atomic E-state index is 12.3. The van der Waals surface area contributed by atoms with E-state index in [-0.39, 0.29) is 23.8 Å². The zero-order chi connectivity index (χ0) is 18.7. The quantitative estimate of drug-likeness (QED) is 0.553. The Morgan fingerprint density at radius 1 is 1.12 bits per heavy atom. The molecule has 0 bridgehead atoms. The molecule has 1 rings (SSSR count). The van der Waals surface area contributed by atoms with E-state index >= 15 is 0 Å². The first-order valence-electron chi connectivity index (χ1n) is 8.78. The molecule has 0 saturated carbocycles. The van der Waals surface area contributed by atoms with E-state index in [2.05, 4.69) is 17.0 Å². The summed E-state index contributed by atoms with van der Waals surface area (Å²) in [6.45, 7) is 7.78. The number of amides is 1. The Morgan fingerprint density at radius 2 is 1.84 bits per heavy atom. The third-order valence-electron chi connectivity index (χ3n) is 3.69. The van der Waals surface area contributed by atoms with Gasteiger partial charge in [0, 0.05) is 32.7 Å². The number of rotatable bonds is 12. The minimum absolute atomic E-state index is 0.0779. The molecule has 0 unspecified atom stereocenters. The van der Waals surface area contributed by atoms with Crippen molar-refractivity contribution in [3.63, 3.8) is 0 Å². The van der Waals surface area contributed by atoms with Crippen LogP contribution >= 0.6 is 0 Å². The first kappa shape index (κ1) is 21.6. The highest BCUT2D eigenvalue weighted by molar-refractivity contribution is 7.89. The Bertz CT molecular complexity index is 644. The summed E-state index contributed by atoms with van der Waals surface area (Å²) in [5, 5.41) is 2.76. The monoisotopic (exact) mass is 370 g/mol. The highest BCUT2D eigenvalue weighted by Gasteiger charge is 2.16. The van der Waals surface area contributed by atoms with Crippen LogP contribution in [0.15, 0.2) is 23.1 Å². The Balaban J connectivity index is 2.26. The van der Waals surface area contributed by atoms with Crippen molar-refractivity contribution >= 4 is 15.9 Å². The molecule has 2 N–H and O–H groups in total. The van der Waals surface area contributed by atoms with Gasteiger partial charge in [0.15, 0.2) is 0 Å². The second kappa shape index (κ2) is 11.2. The Kier molecular flexibility index (Phi) is 9.70. The van der Waals surface area contributed by atoms with Gasteiger partial charge in [-0.25, -0.2) is 13.1 Å². The summed E-state index contributed by atoms with van der Waals surface area (Å²) in [6.07, 6.45) is 3.02. The molecule has 1 amide bonds. The molecule has 0 atom stereocenters. The number of aryl methyl sites for hydroxylation is 2. The van der Waals surface area contributed by atoms with Crippen molar-refractivity contribution in [1.29, 1.82) is 0 Å².